The third-order valence-corrected chi connectivity index (χ3v) is 5.90. The molecule has 0 bridgehead atoms. The number of aryl methyl sites for hydroxylation is 1. The summed E-state index contributed by atoms with van der Waals surface area (Å²) in [5.74, 6) is 0.871. The highest BCUT2D eigenvalue weighted by Crippen LogP contribution is 2.43. The lowest BCUT2D eigenvalue weighted by Crippen LogP contribution is -2.45. The Kier molecular flexibility index (Phi) is 6.46. The molecule has 0 saturated carbocycles. The van der Waals surface area contributed by atoms with Crippen LogP contribution in [0.1, 0.15) is 18.5 Å². The Morgan fingerprint density at radius 1 is 1.54 bits per heavy atom. The highest BCUT2D eigenvalue weighted by molar-refractivity contribution is 9.12. The van der Waals surface area contributed by atoms with Gasteiger partial charge in [0, 0.05) is 25.7 Å². The minimum atomic E-state index is -1.15. The van der Waals surface area contributed by atoms with Crippen molar-refractivity contribution in [3.05, 3.63) is 32.7 Å². The van der Waals surface area contributed by atoms with Crippen molar-refractivity contribution in [1.82, 2.24) is 15.3 Å². The van der Waals surface area contributed by atoms with E-state index in [1.165, 1.54) is 7.11 Å². The number of rotatable bonds is 7. The Hall–Kier alpha value is -1.85. The SMILES string of the molecule is CNc1ncc(CCCNC(=O)C2=NO[C@]3(C=C(Br)C(OC)=C(Br)[C@@H]3O)C2)[nH]1. The molecule has 0 fully saturated rings. The Morgan fingerprint density at radius 3 is 3.00 bits per heavy atom. The van der Waals surface area contributed by atoms with Crippen LogP contribution >= 0.6 is 31.9 Å². The zero-order valence-corrected chi connectivity index (χ0v) is 18.6. The first-order valence-electron chi connectivity index (χ1n) is 8.65. The van der Waals surface area contributed by atoms with Gasteiger partial charge in [-0.1, -0.05) is 5.16 Å². The first kappa shape index (κ1) is 20.9. The van der Waals surface area contributed by atoms with Crippen molar-refractivity contribution in [1.29, 1.82) is 0 Å². The first-order chi connectivity index (χ1) is 13.4. The second kappa shape index (κ2) is 8.66. The number of nitrogens with one attached hydrogen (secondary N) is 3. The summed E-state index contributed by atoms with van der Waals surface area (Å²) in [6.45, 7) is 0.484. The smallest absolute Gasteiger partial charge is 0.269 e. The van der Waals surface area contributed by atoms with E-state index < -0.39 is 11.7 Å². The van der Waals surface area contributed by atoms with Crippen LogP contribution in [0.4, 0.5) is 5.95 Å². The first-order valence-corrected chi connectivity index (χ1v) is 10.2. The van der Waals surface area contributed by atoms with Crippen LogP contribution in [0.2, 0.25) is 0 Å². The van der Waals surface area contributed by atoms with Crippen LogP contribution in [0.25, 0.3) is 0 Å². The molecule has 4 N–H and O–H groups in total. The number of amides is 1. The maximum Gasteiger partial charge on any atom is 0.269 e. The van der Waals surface area contributed by atoms with Gasteiger partial charge in [-0.3, -0.25) is 4.79 Å². The number of carbonyl (C=O) groups is 1. The Morgan fingerprint density at radius 2 is 2.32 bits per heavy atom. The molecule has 0 saturated heterocycles. The predicted octanol–water partition coefficient (Wildman–Crippen LogP) is 1.92. The lowest BCUT2D eigenvalue weighted by atomic mass is 9.87. The molecule has 1 aliphatic carbocycles. The topological polar surface area (TPSA) is 121 Å². The highest BCUT2D eigenvalue weighted by Gasteiger charge is 2.50. The maximum atomic E-state index is 12.4. The molecule has 0 unspecified atom stereocenters. The fraction of sp³-hybridized carbons (Fsp3) is 0.471. The molecule has 11 heteroatoms. The van der Waals surface area contributed by atoms with E-state index in [0.717, 1.165) is 18.5 Å². The van der Waals surface area contributed by atoms with Crippen molar-refractivity contribution in [2.75, 3.05) is 26.0 Å². The van der Waals surface area contributed by atoms with Crippen molar-refractivity contribution >= 4 is 49.4 Å². The number of carbonyl (C=O) groups excluding carboxylic acids is 1. The van der Waals surface area contributed by atoms with Crippen molar-refractivity contribution in [3.63, 3.8) is 0 Å². The number of nitrogens with zero attached hydrogens (tertiary/aromatic N) is 2. The number of anilines is 1. The molecular weight excluding hydrogens is 498 g/mol. The number of ether oxygens (including phenoxy) is 1. The number of oxime groups is 1. The molecule has 0 radical (unpaired) electrons. The van der Waals surface area contributed by atoms with Gasteiger partial charge in [-0.2, -0.15) is 0 Å². The van der Waals surface area contributed by atoms with E-state index in [0.29, 0.717) is 27.2 Å². The predicted molar refractivity (Wildman–Crippen MR) is 111 cm³/mol. The summed E-state index contributed by atoms with van der Waals surface area (Å²) in [5.41, 5.74) is 0.0760. The number of halogens is 2. The molecule has 9 nitrogen and oxygen atoms in total. The van der Waals surface area contributed by atoms with Crippen LogP contribution in [0, 0.1) is 0 Å². The zero-order valence-electron chi connectivity index (χ0n) is 15.4. The van der Waals surface area contributed by atoms with Gasteiger partial charge in [-0.25, -0.2) is 4.98 Å². The number of aliphatic hydroxyl groups excluding tert-OH is 1. The summed E-state index contributed by atoms with van der Waals surface area (Å²) in [6, 6.07) is 0. The molecule has 0 aromatic carbocycles. The summed E-state index contributed by atoms with van der Waals surface area (Å²) < 4.78 is 6.30. The van der Waals surface area contributed by atoms with E-state index in [1.54, 1.807) is 19.3 Å². The molecule has 2 heterocycles. The minimum Gasteiger partial charge on any atom is -0.495 e. The number of allylic oxidation sites excluding steroid dienone is 1. The van der Waals surface area contributed by atoms with E-state index in [9.17, 15) is 9.90 Å². The molecule has 1 spiro atoms. The summed E-state index contributed by atoms with van der Waals surface area (Å²) in [4.78, 5) is 25.2. The third kappa shape index (κ3) is 4.11. The fourth-order valence-electron chi connectivity index (χ4n) is 3.01. The normalized spacial score (nSPS) is 24.0. The Bertz CT molecular complexity index is 850. The number of methoxy groups -OCH3 is 1. The van der Waals surface area contributed by atoms with Gasteiger partial charge >= 0.3 is 0 Å². The van der Waals surface area contributed by atoms with Crippen molar-refractivity contribution in [2.45, 2.75) is 31.0 Å². The minimum absolute atomic E-state index is 0.146. The van der Waals surface area contributed by atoms with Gasteiger partial charge in [-0.05, 0) is 50.8 Å². The van der Waals surface area contributed by atoms with Gasteiger partial charge in [0.05, 0.1) is 22.3 Å². The van der Waals surface area contributed by atoms with Gasteiger partial charge in [0.1, 0.15) is 17.6 Å². The molecular formula is C17H21Br2N5O4. The second-order valence-electron chi connectivity index (χ2n) is 6.40. The Labute approximate surface area is 178 Å². The number of hydrogen-bond acceptors (Lipinski definition) is 7. The van der Waals surface area contributed by atoms with E-state index in [-0.39, 0.29) is 18.0 Å². The largest absolute Gasteiger partial charge is 0.495 e. The molecule has 1 aliphatic heterocycles. The van der Waals surface area contributed by atoms with Crippen LogP contribution < -0.4 is 10.6 Å². The highest BCUT2D eigenvalue weighted by atomic mass is 79.9. The number of aromatic nitrogens is 2. The van der Waals surface area contributed by atoms with Gasteiger partial charge in [0.25, 0.3) is 5.91 Å². The lowest BCUT2D eigenvalue weighted by molar-refractivity contribution is -0.114. The lowest BCUT2D eigenvalue weighted by Gasteiger charge is -2.33. The quantitative estimate of drug-likeness (QED) is 0.409. The number of H-pyrrole nitrogens is 1. The van der Waals surface area contributed by atoms with Gasteiger partial charge < -0.3 is 30.3 Å². The number of hydrogen-bond donors (Lipinski definition) is 4. The van der Waals surface area contributed by atoms with Crippen LogP contribution in [-0.4, -0.2) is 59.1 Å². The van der Waals surface area contributed by atoms with Crippen molar-refractivity contribution in [3.8, 4) is 0 Å². The molecule has 1 aromatic rings. The monoisotopic (exact) mass is 517 g/mol. The van der Waals surface area contributed by atoms with E-state index in [2.05, 4.69) is 57.6 Å². The van der Waals surface area contributed by atoms with E-state index in [4.69, 9.17) is 9.57 Å². The second-order valence-corrected chi connectivity index (χ2v) is 8.11. The molecule has 152 valence electrons. The van der Waals surface area contributed by atoms with E-state index >= 15 is 0 Å². The zero-order chi connectivity index (χ0) is 20.3. The molecule has 1 aromatic heterocycles. The summed E-state index contributed by atoms with van der Waals surface area (Å²) >= 11 is 6.73. The van der Waals surface area contributed by atoms with Crippen LogP contribution in [-0.2, 0) is 20.8 Å². The average molecular weight is 519 g/mol. The molecule has 2 aliphatic rings. The van der Waals surface area contributed by atoms with Crippen LogP contribution in [0.15, 0.2) is 32.2 Å². The van der Waals surface area contributed by atoms with Gasteiger partial charge in [-0.15, -0.1) is 0 Å². The standard InChI is InChI=1S/C17H21Br2N5O4/c1-20-16-22-8-9(23-16)4-3-5-21-15(26)11-7-17(28-24-11)6-10(18)13(27-2)12(19)14(17)25/h6,8,14,25H,3-5,7H2,1-2H3,(H,21,26)(H2,20,22,23)/t14-,17+/m0/s1. The third-order valence-electron chi connectivity index (χ3n) is 4.52. The Balaban J connectivity index is 1.52. The molecule has 2 atom stereocenters. The van der Waals surface area contributed by atoms with Crippen molar-refractivity contribution < 1.29 is 19.5 Å². The van der Waals surface area contributed by atoms with Crippen LogP contribution in [0.5, 0.6) is 0 Å². The number of aliphatic hydroxyl groups is 1. The molecule has 28 heavy (non-hydrogen) atoms. The average Bonchev–Trinajstić information content (AvgIpc) is 3.31. The molecule has 3 rings (SSSR count). The van der Waals surface area contributed by atoms with Crippen molar-refractivity contribution in [2.24, 2.45) is 5.16 Å². The van der Waals surface area contributed by atoms with E-state index in [1.807, 2.05) is 0 Å². The van der Waals surface area contributed by atoms with Gasteiger partial charge in [0.15, 0.2) is 11.5 Å². The molecule has 1 amide bonds. The fourth-order valence-corrected chi connectivity index (χ4v) is 4.81. The maximum absolute atomic E-state index is 12.4. The van der Waals surface area contributed by atoms with Gasteiger partial charge in [0.2, 0.25) is 0 Å². The summed E-state index contributed by atoms with van der Waals surface area (Å²) in [7, 11) is 3.30. The number of aromatic amines is 1. The summed E-state index contributed by atoms with van der Waals surface area (Å²) in [5, 5.41) is 20.3. The number of imidazole rings is 1. The van der Waals surface area contributed by atoms with Crippen LogP contribution in [0.3, 0.4) is 0 Å². The summed E-state index contributed by atoms with van der Waals surface area (Å²) in [6.07, 6.45) is 4.04.